The van der Waals surface area contributed by atoms with E-state index in [9.17, 15) is 18.5 Å². The Hall–Kier alpha value is -2.04. The lowest BCUT2D eigenvalue weighted by Crippen LogP contribution is -2.40. The van der Waals surface area contributed by atoms with Crippen molar-refractivity contribution < 1.29 is 18.1 Å². The van der Waals surface area contributed by atoms with Crippen LogP contribution in [0.1, 0.15) is 57.8 Å². The summed E-state index contributed by atoms with van der Waals surface area (Å²) >= 11 is 0. The van der Waals surface area contributed by atoms with E-state index in [1.165, 1.54) is 55.0 Å². The van der Waals surface area contributed by atoms with Crippen LogP contribution in [-0.2, 0) is 14.8 Å². The molecule has 1 saturated heterocycles. The molecule has 3 aliphatic rings. The third-order valence-electron chi connectivity index (χ3n) is 6.94. The number of benzene rings is 1. The molecule has 2 aliphatic carbocycles. The molecule has 1 unspecified atom stereocenters. The molecule has 1 aromatic rings. The van der Waals surface area contributed by atoms with Gasteiger partial charge in [0.15, 0.2) is 0 Å². The van der Waals surface area contributed by atoms with E-state index in [2.05, 4.69) is 10.5 Å². The first-order valence-corrected chi connectivity index (χ1v) is 13.1. The van der Waals surface area contributed by atoms with Gasteiger partial charge < -0.3 is 4.74 Å². The second kappa shape index (κ2) is 10.3. The number of ether oxygens (including phenoxy) is 1. The third-order valence-corrected chi connectivity index (χ3v) is 8.83. The number of nitrogens with zero attached hydrogens (tertiary/aromatic N) is 3. The molecule has 1 heterocycles. The van der Waals surface area contributed by atoms with Gasteiger partial charge in [-0.3, -0.25) is 15.5 Å². The Labute approximate surface area is 189 Å². The van der Waals surface area contributed by atoms with Crippen LogP contribution in [0.25, 0.3) is 0 Å². The molecule has 1 aromatic carbocycles. The van der Waals surface area contributed by atoms with E-state index in [0.29, 0.717) is 25.0 Å². The fourth-order valence-electron chi connectivity index (χ4n) is 5.19. The molecule has 9 nitrogen and oxygen atoms in total. The summed E-state index contributed by atoms with van der Waals surface area (Å²) in [5, 5.41) is 16.3. The Balaban J connectivity index is 1.56. The van der Waals surface area contributed by atoms with Crippen LogP contribution in [0.15, 0.2) is 28.2 Å². The van der Waals surface area contributed by atoms with Gasteiger partial charge in [0.05, 0.1) is 23.0 Å². The summed E-state index contributed by atoms with van der Waals surface area (Å²) in [6.07, 6.45) is 10.6. The molecule has 0 spiro atoms. The summed E-state index contributed by atoms with van der Waals surface area (Å²) in [4.78, 5) is 11.1. The van der Waals surface area contributed by atoms with E-state index in [1.54, 1.807) is 0 Å². The molecule has 0 bridgehead atoms. The first-order chi connectivity index (χ1) is 15.5. The second-order valence-electron chi connectivity index (χ2n) is 8.92. The number of anilines is 1. The number of morpholine rings is 1. The van der Waals surface area contributed by atoms with Crippen molar-refractivity contribution >= 4 is 27.1 Å². The average molecular weight is 465 g/mol. The second-order valence-corrected chi connectivity index (χ2v) is 10.9. The van der Waals surface area contributed by atoms with Crippen LogP contribution in [0.2, 0.25) is 0 Å². The first-order valence-electron chi connectivity index (χ1n) is 11.7. The minimum atomic E-state index is -3.81. The van der Waals surface area contributed by atoms with Crippen LogP contribution in [0, 0.1) is 22.0 Å². The molecule has 1 aliphatic heterocycles. The van der Waals surface area contributed by atoms with Crippen molar-refractivity contribution in [3.63, 3.8) is 0 Å². The highest BCUT2D eigenvalue weighted by atomic mass is 32.2. The van der Waals surface area contributed by atoms with Crippen LogP contribution < -0.4 is 5.43 Å². The van der Waals surface area contributed by atoms with E-state index >= 15 is 0 Å². The lowest BCUT2D eigenvalue weighted by Gasteiger charge is -2.34. The number of nitro benzene ring substituents is 1. The summed E-state index contributed by atoms with van der Waals surface area (Å²) in [5.41, 5.74) is 3.94. The summed E-state index contributed by atoms with van der Waals surface area (Å²) < 4.78 is 32.3. The quantitative estimate of drug-likeness (QED) is 0.500. The molecule has 3 fully saturated rings. The van der Waals surface area contributed by atoms with Gasteiger partial charge in [0.25, 0.3) is 5.69 Å². The summed E-state index contributed by atoms with van der Waals surface area (Å²) in [7, 11) is -3.81. The minimum Gasteiger partial charge on any atom is -0.379 e. The zero-order chi connectivity index (χ0) is 22.6. The van der Waals surface area contributed by atoms with Crippen LogP contribution in [0.5, 0.6) is 0 Å². The summed E-state index contributed by atoms with van der Waals surface area (Å²) in [6, 6.07) is 4.00. The Morgan fingerprint density at radius 3 is 2.50 bits per heavy atom. The highest BCUT2D eigenvalue weighted by Crippen LogP contribution is 2.37. The predicted octanol–water partition coefficient (Wildman–Crippen LogP) is 4.15. The first kappa shape index (κ1) is 23.1. The third kappa shape index (κ3) is 5.13. The molecular weight excluding hydrogens is 432 g/mol. The van der Waals surface area contributed by atoms with Crippen molar-refractivity contribution in [2.24, 2.45) is 16.9 Å². The van der Waals surface area contributed by atoms with Gasteiger partial charge in [0.1, 0.15) is 5.69 Å². The Kier molecular flexibility index (Phi) is 7.42. The Bertz CT molecular complexity index is 953. The molecule has 2 saturated carbocycles. The number of nitrogens with one attached hydrogen (secondary N) is 1. The molecule has 176 valence electrons. The predicted molar refractivity (Wildman–Crippen MR) is 122 cm³/mol. The average Bonchev–Trinajstić information content (AvgIpc) is 2.84. The molecule has 4 rings (SSSR count). The van der Waals surface area contributed by atoms with Gasteiger partial charge in [-0.25, -0.2) is 8.42 Å². The zero-order valence-corrected chi connectivity index (χ0v) is 19.2. The minimum absolute atomic E-state index is 0.0814. The maximum absolute atomic E-state index is 12.9. The van der Waals surface area contributed by atoms with Crippen molar-refractivity contribution in [3.8, 4) is 0 Å². The molecule has 10 heteroatoms. The molecule has 1 atom stereocenters. The summed E-state index contributed by atoms with van der Waals surface area (Å²) in [5.74, 6) is 1.09. The largest absolute Gasteiger partial charge is 0.379 e. The SMILES string of the molecule is O=[N+]([O-])c1cc(S(=O)(=O)N2CCOCC2)ccc1N/N=C1\CCCCC1C1CCCCC1. The topological polar surface area (TPSA) is 114 Å². The number of sulfonamides is 1. The zero-order valence-electron chi connectivity index (χ0n) is 18.4. The molecule has 0 aromatic heterocycles. The van der Waals surface area contributed by atoms with Crippen molar-refractivity contribution in [1.29, 1.82) is 0 Å². The van der Waals surface area contributed by atoms with Crippen molar-refractivity contribution in [2.45, 2.75) is 62.7 Å². The van der Waals surface area contributed by atoms with Gasteiger partial charge >= 0.3 is 0 Å². The van der Waals surface area contributed by atoms with Crippen molar-refractivity contribution in [2.75, 3.05) is 31.7 Å². The van der Waals surface area contributed by atoms with Crippen molar-refractivity contribution in [1.82, 2.24) is 4.31 Å². The van der Waals surface area contributed by atoms with E-state index in [4.69, 9.17) is 4.74 Å². The van der Waals surface area contributed by atoms with Gasteiger partial charge in [-0.15, -0.1) is 0 Å². The monoisotopic (exact) mass is 464 g/mol. The molecule has 0 amide bonds. The van der Waals surface area contributed by atoms with Gasteiger partial charge in [0, 0.05) is 30.8 Å². The van der Waals surface area contributed by atoms with Gasteiger partial charge in [-0.2, -0.15) is 9.41 Å². The number of hydrogen-bond donors (Lipinski definition) is 1. The normalized spacial score (nSPS) is 25.0. The van der Waals surface area contributed by atoms with E-state index in [0.717, 1.165) is 31.0 Å². The maximum atomic E-state index is 12.9. The van der Waals surface area contributed by atoms with E-state index in [-0.39, 0.29) is 29.4 Å². The Morgan fingerprint density at radius 2 is 1.78 bits per heavy atom. The van der Waals surface area contributed by atoms with Crippen LogP contribution in [-0.4, -0.2) is 49.7 Å². The fourth-order valence-corrected chi connectivity index (χ4v) is 6.62. The lowest BCUT2D eigenvalue weighted by atomic mass is 9.72. The van der Waals surface area contributed by atoms with Gasteiger partial charge in [-0.1, -0.05) is 25.7 Å². The van der Waals surface area contributed by atoms with E-state index < -0.39 is 14.9 Å². The van der Waals surface area contributed by atoms with Crippen molar-refractivity contribution in [3.05, 3.63) is 28.3 Å². The Morgan fingerprint density at radius 1 is 1.06 bits per heavy atom. The van der Waals surface area contributed by atoms with Gasteiger partial charge in [0.2, 0.25) is 10.0 Å². The van der Waals surface area contributed by atoms with Crippen LogP contribution in [0.4, 0.5) is 11.4 Å². The van der Waals surface area contributed by atoms with Crippen LogP contribution in [0.3, 0.4) is 0 Å². The van der Waals surface area contributed by atoms with Crippen LogP contribution >= 0.6 is 0 Å². The highest BCUT2D eigenvalue weighted by Gasteiger charge is 2.31. The van der Waals surface area contributed by atoms with E-state index in [1.807, 2.05) is 0 Å². The number of hydrazone groups is 1. The molecule has 1 N–H and O–H groups in total. The molecular formula is C22H32N4O5S. The van der Waals surface area contributed by atoms with Gasteiger partial charge in [-0.05, 0) is 50.2 Å². The number of hydrogen-bond acceptors (Lipinski definition) is 7. The lowest BCUT2D eigenvalue weighted by molar-refractivity contribution is -0.384. The number of rotatable bonds is 6. The molecule has 0 radical (unpaired) electrons. The summed E-state index contributed by atoms with van der Waals surface area (Å²) in [6.45, 7) is 1.12. The molecule has 32 heavy (non-hydrogen) atoms. The smallest absolute Gasteiger partial charge is 0.295 e. The maximum Gasteiger partial charge on any atom is 0.295 e. The highest BCUT2D eigenvalue weighted by molar-refractivity contribution is 7.89. The number of nitro groups is 1. The fraction of sp³-hybridized carbons (Fsp3) is 0.682. The standard InChI is InChI=1S/C22H32N4O5S/c27-26(28)22-16-18(32(29,30)25-12-14-31-15-13-25)10-11-21(22)24-23-20-9-5-4-8-19(20)17-6-2-1-3-7-17/h10-11,16-17,19,24H,1-9,12-15H2/b23-20+.